The van der Waals surface area contributed by atoms with E-state index in [-0.39, 0.29) is 24.8 Å². The van der Waals surface area contributed by atoms with E-state index < -0.39 is 0 Å². The van der Waals surface area contributed by atoms with Gasteiger partial charge in [-0.2, -0.15) is 0 Å². The Morgan fingerprint density at radius 3 is 2.71 bits per heavy atom. The fourth-order valence-corrected chi connectivity index (χ4v) is 3.25. The molecule has 0 unspecified atom stereocenters. The molecule has 0 fully saturated rings. The Kier molecular flexibility index (Phi) is 6.76. The number of hydrogen-bond donors (Lipinski definition) is 2. The van der Waals surface area contributed by atoms with Crippen LogP contribution in [0.1, 0.15) is 24.5 Å². The second kappa shape index (κ2) is 9.46. The van der Waals surface area contributed by atoms with Gasteiger partial charge in [-0.25, -0.2) is 0 Å². The summed E-state index contributed by atoms with van der Waals surface area (Å²) >= 11 is 6.25. The van der Waals surface area contributed by atoms with E-state index in [2.05, 4.69) is 10.6 Å². The lowest BCUT2D eigenvalue weighted by Crippen LogP contribution is -2.34. The van der Waals surface area contributed by atoms with Gasteiger partial charge in [-0.3, -0.25) is 9.59 Å². The Morgan fingerprint density at radius 1 is 1.11 bits per heavy atom. The molecule has 2 N–H and O–H groups in total. The molecule has 1 aliphatic rings. The van der Waals surface area contributed by atoms with Crippen LogP contribution in [0, 0.1) is 0 Å². The van der Waals surface area contributed by atoms with Crippen LogP contribution in [0.15, 0.2) is 36.4 Å². The van der Waals surface area contributed by atoms with Gasteiger partial charge in [-0.1, -0.05) is 36.7 Å². The van der Waals surface area contributed by atoms with Crippen LogP contribution < -0.4 is 20.1 Å². The number of anilines is 1. The van der Waals surface area contributed by atoms with Crippen molar-refractivity contribution >= 4 is 29.1 Å². The lowest BCUT2D eigenvalue weighted by Gasteiger charge is -2.12. The minimum absolute atomic E-state index is 0.0924. The summed E-state index contributed by atoms with van der Waals surface area (Å²) in [6.45, 7) is 3.00. The Morgan fingerprint density at radius 2 is 1.89 bits per heavy atom. The molecule has 1 aliphatic heterocycles. The van der Waals surface area contributed by atoms with Crippen molar-refractivity contribution in [2.45, 2.75) is 26.2 Å². The number of carbonyl (C=O) groups is 2. The van der Waals surface area contributed by atoms with Crippen LogP contribution in [-0.4, -0.2) is 31.6 Å². The molecule has 0 saturated heterocycles. The van der Waals surface area contributed by atoms with Gasteiger partial charge in [0, 0.05) is 12.1 Å². The number of hydrogen-bond acceptors (Lipinski definition) is 4. The number of nitrogens with one attached hydrogen (secondary N) is 2. The first-order chi connectivity index (χ1) is 13.6. The van der Waals surface area contributed by atoms with Crippen LogP contribution in [0.5, 0.6) is 11.5 Å². The van der Waals surface area contributed by atoms with Crippen LogP contribution in [-0.2, 0) is 22.4 Å². The predicted molar refractivity (Wildman–Crippen MR) is 108 cm³/mol. The van der Waals surface area contributed by atoms with Crippen molar-refractivity contribution in [2.75, 3.05) is 25.1 Å². The number of rotatable bonds is 6. The molecule has 0 atom stereocenters. The third kappa shape index (κ3) is 5.16. The van der Waals surface area contributed by atoms with E-state index in [9.17, 15) is 9.59 Å². The monoisotopic (exact) mass is 402 g/mol. The third-order valence-corrected chi connectivity index (χ3v) is 4.63. The molecule has 1 heterocycles. The van der Waals surface area contributed by atoms with Gasteiger partial charge in [-0.15, -0.1) is 0 Å². The average Bonchev–Trinajstić information content (AvgIpc) is 2.93. The molecule has 6 nitrogen and oxygen atoms in total. The Labute approximate surface area is 169 Å². The largest absolute Gasteiger partial charge is 0.489 e. The van der Waals surface area contributed by atoms with Crippen molar-refractivity contribution in [3.8, 4) is 11.5 Å². The van der Waals surface area contributed by atoms with Crippen LogP contribution >= 0.6 is 11.6 Å². The maximum atomic E-state index is 12.2. The summed E-state index contributed by atoms with van der Waals surface area (Å²) in [4.78, 5) is 24.4. The molecule has 0 saturated carbocycles. The van der Waals surface area contributed by atoms with Gasteiger partial charge < -0.3 is 20.1 Å². The van der Waals surface area contributed by atoms with Crippen molar-refractivity contribution < 1.29 is 19.1 Å². The first kappa shape index (κ1) is 20.0. The number of para-hydroxylation sites is 1. The highest BCUT2D eigenvalue weighted by atomic mass is 35.5. The summed E-state index contributed by atoms with van der Waals surface area (Å²) < 4.78 is 11.2. The quantitative estimate of drug-likeness (QED) is 0.776. The minimum Gasteiger partial charge on any atom is -0.489 e. The second-order valence-electron chi connectivity index (χ2n) is 6.47. The highest BCUT2D eigenvalue weighted by molar-refractivity contribution is 6.32. The van der Waals surface area contributed by atoms with Crippen LogP contribution in [0.2, 0.25) is 5.02 Å². The van der Waals surface area contributed by atoms with Gasteiger partial charge >= 0.3 is 0 Å². The molecule has 148 valence electrons. The third-order valence-electron chi connectivity index (χ3n) is 4.35. The van der Waals surface area contributed by atoms with Crippen molar-refractivity contribution in [1.82, 2.24) is 5.32 Å². The summed E-state index contributed by atoms with van der Waals surface area (Å²) in [5.74, 6) is 0.509. The second-order valence-corrected chi connectivity index (χ2v) is 6.87. The summed E-state index contributed by atoms with van der Waals surface area (Å²) in [5.41, 5.74) is 2.51. The van der Waals surface area contributed by atoms with Crippen LogP contribution in [0.4, 0.5) is 5.69 Å². The Balaban J connectivity index is 1.55. The highest BCUT2D eigenvalue weighted by Gasteiger charge is 2.17. The number of benzene rings is 2. The van der Waals surface area contributed by atoms with Crippen molar-refractivity contribution in [3.05, 3.63) is 52.5 Å². The SMILES string of the molecule is CCc1ccccc1NC(=O)CNC(=O)Cc1cc(Cl)c2c(c1)OCCCO2. The lowest BCUT2D eigenvalue weighted by molar-refractivity contribution is -0.123. The smallest absolute Gasteiger partial charge is 0.243 e. The molecule has 0 aliphatic carbocycles. The van der Waals surface area contributed by atoms with E-state index in [1.165, 1.54) is 0 Å². The molecule has 2 amide bonds. The van der Waals surface area contributed by atoms with Crippen LogP contribution in [0.3, 0.4) is 0 Å². The van der Waals surface area contributed by atoms with Gasteiger partial charge in [0.25, 0.3) is 0 Å². The van der Waals surface area contributed by atoms with Crippen molar-refractivity contribution in [1.29, 1.82) is 0 Å². The minimum atomic E-state index is -0.274. The molecule has 2 aromatic carbocycles. The highest BCUT2D eigenvalue weighted by Crippen LogP contribution is 2.38. The fourth-order valence-electron chi connectivity index (χ4n) is 2.96. The average molecular weight is 403 g/mol. The number of amides is 2. The zero-order valence-corrected chi connectivity index (χ0v) is 16.5. The molecular weight excluding hydrogens is 380 g/mol. The topological polar surface area (TPSA) is 76.7 Å². The summed E-state index contributed by atoms with van der Waals surface area (Å²) in [5, 5.41) is 5.87. The number of aryl methyl sites for hydroxylation is 1. The molecule has 0 radical (unpaired) electrons. The fraction of sp³-hybridized carbons (Fsp3) is 0.333. The maximum Gasteiger partial charge on any atom is 0.243 e. The van der Waals surface area contributed by atoms with E-state index in [0.717, 1.165) is 24.1 Å². The van der Waals surface area contributed by atoms with E-state index in [1.807, 2.05) is 31.2 Å². The Hall–Kier alpha value is -2.73. The van der Waals surface area contributed by atoms with Gasteiger partial charge in [0.15, 0.2) is 11.5 Å². The number of ether oxygens (including phenoxy) is 2. The van der Waals surface area contributed by atoms with E-state index in [0.29, 0.717) is 35.3 Å². The normalized spacial score (nSPS) is 12.8. The summed E-state index contributed by atoms with van der Waals surface area (Å²) in [7, 11) is 0. The van der Waals surface area contributed by atoms with Crippen molar-refractivity contribution in [2.24, 2.45) is 0 Å². The zero-order valence-electron chi connectivity index (χ0n) is 15.7. The standard InChI is InChI=1S/C21H23ClN2O4/c1-2-15-6-3-4-7-17(15)24-20(26)13-23-19(25)12-14-10-16(22)21-18(11-14)27-8-5-9-28-21/h3-4,6-7,10-11H,2,5,8-9,12-13H2,1H3,(H,23,25)(H,24,26). The van der Waals surface area contributed by atoms with Crippen molar-refractivity contribution in [3.63, 3.8) is 0 Å². The molecule has 3 rings (SSSR count). The summed E-state index contributed by atoms with van der Waals surface area (Å²) in [6.07, 6.45) is 1.68. The van der Waals surface area contributed by atoms with Gasteiger partial charge in [0.05, 0.1) is 31.2 Å². The number of halogens is 1. The van der Waals surface area contributed by atoms with E-state index in [4.69, 9.17) is 21.1 Å². The maximum absolute atomic E-state index is 12.2. The molecule has 0 aromatic heterocycles. The number of carbonyl (C=O) groups excluding carboxylic acids is 2. The van der Waals surface area contributed by atoms with Gasteiger partial charge in [0.2, 0.25) is 11.8 Å². The van der Waals surface area contributed by atoms with E-state index >= 15 is 0 Å². The van der Waals surface area contributed by atoms with Gasteiger partial charge in [-0.05, 0) is 35.7 Å². The molecule has 2 aromatic rings. The molecule has 0 spiro atoms. The zero-order chi connectivity index (χ0) is 19.9. The summed E-state index contributed by atoms with van der Waals surface area (Å²) in [6, 6.07) is 11.0. The molecule has 0 bridgehead atoms. The predicted octanol–water partition coefficient (Wildman–Crippen LogP) is 3.36. The molecular formula is C21H23ClN2O4. The van der Waals surface area contributed by atoms with E-state index in [1.54, 1.807) is 12.1 Å². The molecule has 7 heteroatoms. The molecule has 28 heavy (non-hydrogen) atoms. The first-order valence-corrected chi connectivity index (χ1v) is 9.67. The lowest BCUT2D eigenvalue weighted by atomic mass is 10.1. The van der Waals surface area contributed by atoms with Crippen LogP contribution in [0.25, 0.3) is 0 Å². The number of fused-ring (bicyclic) bond motifs is 1. The van der Waals surface area contributed by atoms with Gasteiger partial charge in [0.1, 0.15) is 0 Å². The first-order valence-electron chi connectivity index (χ1n) is 9.29. The Bertz CT molecular complexity index is 869.